The van der Waals surface area contributed by atoms with Crippen LogP contribution in [0.2, 0.25) is 0 Å². The summed E-state index contributed by atoms with van der Waals surface area (Å²) < 4.78 is 0. The molecular formula is C17H32N2. The molecule has 1 aliphatic heterocycles. The zero-order chi connectivity index (χ0) is 13.5. The quantitative estimate of drug-likeness (QED) is 0.838. The van der Waals surface area contributed by atoms with Crippen molar-refractivity contribution in [2.75, 3.05) is 19.6 Å². The second-order valence-electron chi connectivity index (χ2n) is 7.58. The van der Waals surface area contributed by atoms with Crippen molar-refractivity contribution in [1.29, 1.82) is 0 Å². The summed E-state index contributed by atoms with van der Waals surface area (Å²) in [6.07, 6.45) is 8.69. The van der Waals surface area contributed by atoms with Crippen molar-refractivity contribution < 1.29 is 0 Å². The number of fused-ring (bicyclic) bond motifs is 2. The lowest BCUT2D eigenvalue weighted by atomic mass is 9.85. The zero-order valence-corrected chi connectivity index (χ0v) is 13.1. The maximum Gasteiger partial charge on any atom is 0.0304 e. The molecule has 3 rings (SSSR count). The second-order valence-corrected chi connectivity index (χ2v) is 7.58. The molecule has 1 saturated heterocycles. The molecule has 0 radical (unpaired) electrons. The Bertz CT molecular complexity index is 310. The van der Waals surface area contributed by atoms with E-state index in [1.54, 1.807) is 6.42 Å². The maximum absolute atomic E-state index is 3.83. The average molecular weight is 264 g/mol. The predicted octanol–water partition coefficient (Wildman–Crippen LogP) is 3.28. The summed E-state index contributed by atoms with van der Waals surface area (Å²) in [4.78, 5) is 2.81. The highest BCUT2D eigenvalue weighted by atomic mass is 15.2. The number of piperazine rings is 1. The van der Waals surface area contributed by atoms with Crippen LogP contribution >= 0.6 is 0 Å². The van der Waals surface area contributed by atoms with Gasteiger partial charge < -0.3 is 5.32 Å². The minimum atomic E-state index is 0.393. The summed E-state index contributed by atoms with van der Waals surface area (Å²) in [5.74, 6) is 3.19. The molecule has 2 nitrogen and oxygen atoms in total. The third kappa shape index (κ3) is 2.58. The number of nitrogens with one attached hydrogen (secondary N) is 1. The average Bonchev–Trinajstić information content (AvgIpc) is 3.04. The summed E-state index contributed by atoms with van der Waals surface area (Å²) >= 11 is 0. The van der Waals surface area contributed by atoms with Crippen LogP contribution < -0.4 is 5.32 Å². The van der Waals surface area contributed by atoms with Crippen molar-refractivity contribution in [1.82, 2.24) is 10.2 Å². The molecule has 2 aliphatic carbocycles. The third-order valence-corrected chi connectivity index (χ3v) is 6.61. The van der Waals surface area contributed by atoms with Crippen LogP contribution in [0.15, 0.2) is 0 Å². The molecule has 0 aromatic heterocycles. The van der Waals surface area contributed by atoms with Crippen LogP contribution in [0, 0.1) is 17.8 Å². The van der Waals surface area contributed by atoms with Gasteiger partial charge in [0.2, 0.25) is 0 Å². The van der Waals surface area contributed by atoms with Gasteiger partial charge in [-0.1, -0.05) is 20.3 Å². The number of nitrogens with zero attached hydrogens (tertiary/aromatic N) is 1. The molecular weight excluding hydrogens is 232 g/mol. The van der Waals surface area contributed by atoms with E-state index in [-0.39, 0.29) is 0 Å². The van der Waals surface area contributed by atoms with Crippen LogP contribution in [0.3, 0.4) is 0 Å². The highest BCUT2D eigenvalue weighted by Gasteiger charge is 2.42. The Morgan fingerprint density at radius 3 is 2.53 bits per heavy atom. The Morgan fingerprint density at radius 1 is 1.16 bits per heavy atom. The summed E-state index contributed by atoms with van der Waals surface area (Å²) in [5, 5.41) is 3.83. The van der Waals surface area contributed by atoms with E-state index < -0.39 is 0 Å². The van der Waals surface area contributed by atoms with E-state index in [1.807, 2.05) is 0 Å². The van der Waals surface area contributed by atoms with Gasteiger partial charge in [0.25, 0.3) is 0 Å². The zero-order valence-electron chi connectivity index (χ0n) is 13.1. The molecule has 4 atom stereocenters. The Labute approximate surface area is 119 Å². The van der Waals surface area contributed by atoms with E-state index in [0.29, 0.717) is 5.54 Å². The van der Waals surface area contributed by atoms with Crippen LogP contribution in [0.25, 0.3) is 0 Å². The molecule has 110 valence electrons. The Kier molecular flexibility index (Phi) is 3.92. The lowest BCUT2D eigenvalue weighted by molar-refractivity contribution is 0.0579. The minimum Gasteiger partial charge on any atom is -0.308 e. The molecule has 0 amide bonds. The van der Waals surface area contributed by atoms with E-state index in [4.69, 9.17) is 0 Å². The predicted molar refractivity (Wildman–Crippen MR) is 81.3 cm³/mol. The van der Waals surface area contributed by atoms with Crippen LogP contribution in [-0.4, -0.2) is 36.1 Å². The van der Waals surface area contributed by atoms with Crippen molar-refractivity contribution in [3.05, 3.63) is 0 Å². The molecule has 0 spiro atoms. The lowest BCUT2D eigenvalue weighted by Crippen LogP contribution is -2.63. The van der Waals surface area contributed by atoms with Crippen LogP contribution in [0.4, 0.5) is 0 Å². The molecule has 2 bridgehead atoms. The van der Waals surface area contributed by atoms with Gasteiger partial charge in [-0.25, -0.2) is 0 Å². The van der Waals surface area contributed by atoms with Gasteiger partial charge in [0, 0.05) is 31.2 Å². The van der Waals surface area contributed by atoms with E-state index in [1.165, 1.54) is 51.7 Å². The Balaban J connectivity index is 1.62. The van der Waals surface area contributed by atoms with Gasteiger partial charge in [-0.05, 0) is 56.8 Å². The molecule has 0 aromatic carbocycles. The van der Waals surface area contributed by atoms with E-state index in [0.717, 1.165) is 23.8 Å². The topological polar surface area (TPSA) is 15.3 Å². The van der Waals surface area contributed by atoms with E-state index in [2.05, 4.69) is 31.0 Å². The fraction of sp³-hybridized carbons (Fsp3) is 1.00. The first-order valence-electron chi connectivity index (χ1n) is 8.65. The molecule has 4 unspecified atom stereocenters. The fourth-order valence-electron chi connectivity index (χ4n) is 4.96. The normalized spacial score (nSPS) is 41.8. The third-order valence-electron chi connectivity index (χ3n) is 6.61. The largest absolute Gasteiger partial charge is 0.308 e. The monoisotopic (exact) mass is 264 g/mol. The van der Waals surface area contributed by atoms with Gasteiger partial charge in [0.1, 0.15) is 0 Å². The highest BCUT2D eigenvalue weighted by molar-refractivity contribution is 4.98. The highest BCUT2D eigenvalue weighted by Crippen LogP contribution is 2.48. The minimum absolute atomic E-state index is 0.393. The van der Waals surface area contributed by atoms with E-state index >= 15 is 0 Å². The molecule has 2 saturated carbocycles. The van der Waals surface area contributed by atoms with Crippen molar-refractivity contribution in [2.24, 2.45) is 17.8 Å². The van der Waals surface area contributed by atoms with Crippen LogP contribution in [0.5, 0.6) is 0 Å². The summed E-state index contributed by atoms with van der Waals surface area (Å²) in [5.41, 5.74) is 0.393. The van der Waals surface area contributed by atoms with Crippen LogP contribution in [-0.2, 0) is 0 Å². The van der Waals surface area contributed by atoms with Crippen molar-refractivity contribution in [2.45, 2.75) is 70.9 Å². The number of hydrogen-bond acceptors (Lipinski definition) is 2. The lowest BCUT2D eigenvalue weighted by Gasteiger charge is -2.48. The molecule has 3 aliphatic rings. The fourth-order valence-corrected chi connectivity index (χ4v) is 4.96. The van der Waals surface area contributed by atoms with Crippen LogP contribution in [0.1, 0.15) is 59.3 Å². The summed E-state index contributed by atoms with van der Waals surface area (Å²) in [7, 11) is 0. The van der Waals surface area contributed by atoms with Crippen molar-refractivity contribution in [3.8, 4) is 0 Å². The molecule has 3 fully saturated rings. The Morgan fingerprint density at radius 2 is 1.95 bits per heavy atom. The number of hydrogen-bond donors (Lipinski definition) is 1. The van der Waals surface area contributed by atoms with Gasteiger partial charge >= 0.3 is 0 Å². The SMILES string of the molecule is CCC1(CC)CN(CC2CC3CCC2C3)C(C)CN1. The van der Waals surface area contributed by atoms with Gasteiger partial charge in [-0.2, -0.15) is 0 Å². The standard InChI is InChI=1S/C17H32N2/c1-4-17(5-2)12-19(13(3)10-18-17)11-16-9-14-6-7-15(16)8-14/h13-16,18H,4-12H2,1-3H3. The first-order valence-corrected chi connectivity index (χ1v) is 8.65. The van der Waals surface area contributed by atoms with Gasteiger partial charge in [0.05, 0.1) is 0 Å². The first kappa shape index (κ1) is 13.9. The summed E-state index contributed by atoms with van der Waals surface area (Å²) in [6.45, 7) is 10.9. The molecule has 0 aromatic rings. The molecule has 2 heteroatoms. The van der Waals surface area contributed by atoms with Gasteiger partial charge in [-0.15, -0.1) is 0 Å². The summed E-state index contributed by atoms with van der Waals surface area (Å²) in [6, 6.07) is 0.727. The maximum atomic E-state index is 3.83. The molecule has 1 N–H and O–H groups in total. The number of rotatable bonds is 4. The second kappa shape index (κ2) is 5.37. The first-order chi connectivity index (χ1) is 9.15. The van der Waals surface area contributed by atoms with E-state index in [9.17, 15) is 0 Å². The smallest absolute Gasteiger partial charge is 0.0304 e. The van der Waals surface area contributed by atoms with Crippen molar-refractivity contribution in [3.63, 3.8) is 0 Å². The van der Waals surface area contributed by atoms with Crippen molar-refractivity contribution >= 4 is 0 Å². The van der Waals surface area contributed by atoms with Gasteiger partial charge in [0.15, 0.2) is 0 Å². The molecule has 1 heterocycles. The van der Waals surface area contributed by atoms with Gasteiger partial charge in [-0.3, -0.25) is 4.90 Å². The Hall–Kier alpha value is -0.0800. The molecule has 19 heavy (non-hydrogen) atoms.